The largest absolute Gasteiger partial charge is 0.416 e. The molecule has 8 heteroatoms. The van der Waals surface area contributed by atoms with Crippen LogP contribution in [-0.2, 0) is 19.8 Å². The van der Waals surface area contributed by atoms with E-state index in [0.29, 0.717) is 27.7 Å². The normalized spacial score (nSPS) is 11.6. The van der Waals surface area contributed by atoms with Gasteiger partial charge in [-0.3, -0.25) is 9.78 Å². The summed E-state index contributed by atoms with van der Waals surface area (Å²) in [7, 11) is 1.76. The van der Waals surface area contributed by atoms with Crippen LogP contribution in [0.2, 0.25) is 0 Å². The van der Waals surface area contributed by atoms with Gasteiger partial charge in [-0.2, -0.15) is 13.2 Å². The molecule has 0 saturated heterocycles. The number of fused-ring (bicyclic) bond motifs is 1. The fourth-order valence-electron chi connectivity index (χ4n) is 3.29. The summed E-state index contributed by atoms with van der Waals surface area (Å²) in [5.74, 6) is -0.346. The number of aryl methyl sites for hydroxylation is 1. The zero-order valence-electron chi connectivity index (χ0n) is 15.9. The monoisotopic (exact) mass is 410 g/mol. The van der Waals surface area contributed by atoms with Crippen molar-refractivity contribution in [3.05, 3.63) is 83.9 Å². The first kappa shape index (κ1) is 19.6. The predicted octanol–water partition coefficient (Wildman–Crippen LogP) is 4.58. The Labute approximate surface area is 170 Å². The highest BCUT2D eigenvalue weighted by Crippen LogP contribution is 2.33. The Balaban J connectivity index is 1.74. The molecule has 5 nitrogen and oxygen atoms in total. The van der Waals surface area contributed by atoms with Gasteiger partial charge in [0.15, 0.2) is 0 Å². The summed E-state index contributed by atoms with van der Waals surface area (Å²) in [6, 6.07) is 11.9. The third-order valence-corrected chi connectivity index (χ3v) is 4.76. The zero-order chi connectivity index (χ0) is 21.3. The Morgan fingerprint density at radius 2 is 1.93 bits per heavy atom. The first-order chi connectivity index (χ1) is 14.3. The summed E-state index contributed by atoms with van der Waals surface area (Å²) in [6.45, 7) is 0.278. The summed E-state index contributed by atoms with van der Waals surface area (Å²) < 4.78 is 41.1. The Kier molecular flexibility index (Phi) is 4.99. The molecule has 0 atom stereocenters. The van der Waals surface area contributed by atoms with E-state index >= 15 is 0 Å². The van der Waals surface area contributed by atoms with Gasteiger partial charge in [0.2, 0.25) is 0 Å². The van der Waals surface area contributed by atoms with E-state index in [2.05, 4.69) is 15.3 Å². The maximum absolute atomic E-state index is 13.1. The minimum atomic E-state index is -4.45. The molecule has 30 heavy (non-hydrogen) atoms. The van der Waals surface area contributed by atoms with Gasteiger partial charge in [0.25, 0.3) is 5.91 Å². The predicted molar refractivity (Wildman–Crippen MR) is 107 cm³/mol. The number of nitrogens with zero attached hydrogens (tertiary/aromatic N) is 3. The van der Waals surface area contributed by atoms with Crippen molar-refractivity contribution in [1.82, 2.24) is 19.9 Å². The average Bonchev–Trinajstić information content (AvgIpc) is 3.12. The zero-order valence-corrected chi connectivity index (χ0v) is 15.9. The first-order valence-corrected chi connectivity index (χ1v) is 9.13. The third kappa shape index (κ3) is 3.89. The average molecular weight is 410 g/mol. The van der Waals surface area contributed by atoms with E-state index in [1.807, 2.05) is 6.07 Å². The smallest absolute Gasteiger partial charge is 0.348 e. The van der Waals surface area contributed by atoms with Crippen molar-refractivity contribution in [3.8, 4) is 11.1 Å². The summed E-state index contributed by atoms with van der Waals surface area (Å²) >= 11 is 0. The second kappa shape index (κ2) is 7.62. The van der Waals surface area contributed by atoms with E-state index in [1.54, 1.807) is 54.6 Å². The summed E-state index contributed by atoms with van der Waals surface area (Å²) in [5.41, 5.74) is 2.40. The van der Waals surface area contributed by atoms with Crippen molar-refractivity contribution in [2.45, 2.75) is 12.7 Å². The van der Waals surface area contributed by atoms with Crippen molar-refractivity contribution < 1.29 is 18.0 Å². The Morgan fingerprint density at radius 1 is 1.10 bits per heavy atom. The van der Waals surface area contributed by atoms with E-state index in [9.17, 15) is 18.0 Å². The maximum Gasteiger partial charge on any atom is 0.416 e. The molecule has 0 fully saturated rings. The van der Waals surface area contributed by atoms with Crippen LogP contribution in [0.1, 0.15) is 21.5 Å². The van der Waals surface area contributed by atoms with Crippen molar-refractivity contribution >= 4 is 16.9 Å². The highest BCUT2D eigenvalue weighted by molar-refractivity contribution is 6.06. The molecule has 0 aliphatic carbocycles. The van der Waals surface area contributed by atoms with Gasteiger partial charge >= 0.3 is 6.18 Å². The van der Waals surface area contributed by atoms with Crippen molar-refractivity contribution in [2.75, 3.05) is 0 Å². The molecule has 2 aromatic carbocycles. The van der Waals surface area contributed by atoms with Crippen LogP contribution in [0.25, 0.3) is 22.2 Å². The highest BCUT2D eigenvalue weighted by Gasteiger charge is 2.30. The SMILES string of the molecule is Cn1cnc2cc(-c3cccc(C(F)(F)F)c3)cc(C(=O)NCc3cccnc3)c21. The fourth-order valence-corrected chi connectivity index (χ4v) is 3.29. The van der Waals surface area contributed by atoms with Crippen LogP contribution < -0.4 is 5.32 Å². The second-order valence-electron chi connectivity index (χ2n) is 6.87. The quantitative estimate of drug-likeness (QED) is 0.536. The van der Waals surface area contributed by atoms with Gasteiger partial charge in [-0.25, -0.2) is 4.98 Å². The molecule has 0 unspecified atom stereocenters. The number of halogens is 3. The molecular weight excluding hydrogens is 393 g/mol. The maximum atomic E-state index is 13.1. The number of nitrogens with one attached hydrogen (secondary N) is 1. The number of aromatic nitrogens is 3. The van der Waals surface area contributed by atoms with Crippen LogP contribution in [-0.4, -0.2) is 20.4 Å². The van der Waals surface area contributed by atoms with Gasteiger partial charge in [-0.05, 0) is 47.0 Å². The molecule has 0 radical (unpaired) electrons. The molecule has 0 aliphatic rings. The molecule has 152 valence electrons. The Bertz CT molecular complexity index is 1220. The number of imidazole rings is 1. The lowest BCUT2D eigenvalue weighted by atomic mass is 9.99. The van der Waals surface area contributed by atoms with Crippen molar-refractivity contribution in [2.24, 2.45) is 7.05 Å². The van der Waals surface area contributed by atoms with Crippen LogP contribution in [0.5, 0.6) is 0 Å². The lowest BCUT2D eigenvalue weighted by molar-refractivity contribution is -0.137. The number of pyridine rings is 1. The van der Waals surface area contributed by atoms with E-state index < -0.39 is 11.7 Å². The molecule has 1 amide bonds. The molecule has 2 heterocycles. The molecule has 4 aromatic rings. The second-order valence-corrected chi connectivity index (χ2v) is 6.87. The molecule has 0 spiro atoms. The van der Waals surface area contributed by atoms with Crippen LogP contribution in [0.3, 0.4) is 0 Å². The number of alkyl halides is 3. The first-order valence-electron chi connectivity index (χ1n) is 9.13. The fraction of sp³-hybridized carbons (Fsp3) is 0.136. The third-order valence-electron chi connectivity index (χ3n) is 4.76. The Morgan fingerprint density at radius 3 is 2.67 bits per heavy atom. The van der Waals surface area contributed by atoms with E-state index in [-0.39, 0.29) is 12.5 Å². The molecule has 0 bridgehead atoms. The minimum Gasteiger partial charge on any atom is -0.348 e. The van der Waals surface area contributed by atoms with Crippen molar-refractivity contribution in [3.63, 3.8) is 0 Å². The molecule has 0 saturated carbocycles. The number of carbonyl (C=O) groups is 1. The van der Waals surface area contributed by atoms with Crippen LogP contribution in [0, 0.1) is 0 Å². The molecule has 2 aromatic heterocycles. The van der Waals surface area contributed by atoms with Crippen LogP contribution in [0.15, 0.2) is 67.3 Å². The van der Waals surface area contributed by atoms with Crippen LogP contribution in [0.4, 0.5) is 13.2 Å². The van der Waals surface area contributed by atoms with Gasteiger partial charge in [-0.15, -0.1) is 0 Å². The molecular formula is C22H17F3N4O. The van der Waals surface area contributed by atoms with Crippen LogP contribution >= 0.6 is 0 Å². The van der Waals surface area contributed by atoms with Gasteiger partial charge < -0.3 is 9.88 Å². The standard InChI is InChI=1S/C22H17F3N4O/c1-29-13-28-19-10-16(15-5-2-6-17(8-15)22(23,24)25)9-18(20(19)29)21(30)27-12-14-4-3-7-26-11-14/h2-11,13H,12H2,1H3,(H,27,30). The highest BCUT2D eigenvalue weighted by atomic mass is 19.4. The van der Waals surface area contributed by atoms with Gasteiger partial charge in [0, 0.05) is 26.0 Å². The van der Waals surface area contributed by atoms with E-state index in [1.165, 1.54) is 6.07 Å². The summed E-state index contributed by atoms with van der Waals surface area (Å²) in [6.07, 6.45) is 0.412. The van der Waals surface area contributed by atoms with Gasteiger partial charge in [0.05, 0.1) is 28.5 Å². The number of hydrogen-bond donors (Lipinski definition) is 1. The summed E-state index contributed by atoms with van der Waals surface area (Å²) in [4.78, 5) is 21.2. The topological polar surface area (TPSA) is 59.8 Å². The lowest BCUT2D eigenvalue weighted by Gasteiger charge is -2.12. The number of carbonyl (C=O) groups excluding carboxylic acids is 1. The lowest BCUT2D eigenvalue weighted by Crippen LogP contribution is -2.23. The molecule has 1 N–H and O–H groups in total. The summed E-state index contributed by atoms with van der Waals surface area (Å²) in [5, 5.41) is 2.84. The van der Waals surface area contributed by atoms with E-state index in [0.717, 1.165) is 17.7 Å². The van der Waals surface area contributed by atoms with Gasteiger partial charge in [0.1, 0.15) is 0 Å². The Hall–Kier alpha value is -3.68. The number of amides is 1. The van der Waals surface area contributed by atoms with E-state index in [4.69, 9.17) is 0 Å². The minimum absolute atomic E-state index is 0.278. The van der Waals surface area contributed by atoms with Crippen molar-refractivity contribution in [1.29, 1.82) is 0 Å². The number of hydrogen-bond acceptors (Lipinski definition) is 3. The number of benzene rings is 2. The van der Waals surface area contributed by atoms with Gasteiger partial charge in [-0.1, -0.05) is 18.2 Å². The molecule has 4 rings (SSSR count). The number of rotatable bonds is 4. The molecule has 0 aliphatic heterocycles.